The van der Waals surface area contributed by atoms with E-state index in [9.17, 15) is 8.42 Å². The molecule has 17 heavy (non-hydrogen) atoms. The Morgan fingerprint density at radius 2 is 1.76 bits per heavy atom. The Morgan fingerprint density at radius 1 is 1.06 bits per heavy atom. The van der Waals surface area contributed by atoms with Gasteiger partial charge in [-0.05, 0) is 44.7 Å². The van der Waals surface area contributed by atoms with Crippen molar-refractivity contribution >= 4 is 10.0 Å². The molecule has 0 saturated carbocycles. The van der Waals surface area contributed by atoms with Crippen LogP contribution in [-0.4, -0.2) is 33.8 Å². The van der Waals surface area contributed by atoms with Gasteiger partial charge in [0, 0.05) is 6.54 Å². The van der Waals surface area contributed by atoms with E-state index in [1.54, 1.807) is 0 Å². The average molecular weight is 264 g/mol. The Bertz CT molecular complexity index is 264. The largest absolute Gasteiger partial charge is 0.317 e. The quantitative estimate of drug-likeness (QED) is 0.559. The molecule has 0 atom stereocenters. The van der Waals surface area contributed by atoms with Crippen molar-refractivity contribution in [3.63, 3.8) is 0 Å². The summed E-state index contributed by atoms with van der Waals surface area (Å²) in [6.07, 6.45) is 3.67. The van der Waals surface area contributed by atoms with Crippen LogP contribution in [-0.2, 0) is 10.0 Å². The lowest BCUT2D eigenvalue weighted by molar-refractivity contribution is 0.548. The Balaban J connectivity index is 3.51. The molecule has 0 amide bonds. The summed E-state index contributed by atoms with van der Waals surface area (Å²) in [5.74, 6) is 0.787. The number of hydrogen-bond donors (Lipinski definition) is 2. The third-order valence-corrected chi connectivity index (χ3v) is 3.96. The molecule has 0 unspecified atom stereocenters. The minimum atomic E-state index is -3.05. The molecule has 5 heteroatoms. The summed E-state index contributed by atoms with van der Waals surface area (Å²) in [7, 11) is -3.05. The van der Waals surface area contributed by atoms with E-state index in [0.29, 0.717) is 12.5 Å². The van der Waals surface area contributed by atoms with Crippen molar-refractivity contribution in [1.82, 2.24) is 10.0 Å². The van der Waals surface area contributed by atoms with Crippen LogP contribution in [0.2, 0.25) is 0 Å². The second kappa shape index (κ2) is 9.85. The van der Waals surface area contributed by atoms with Crippen LogP contribution in [0.4, 0.5) is 0 Å². The van der Waals surface area contributed by atoms with Gasteiger partial charge >= 0.3 is 0 Å². The Labute approximate surface area is 107 Å². The van der Waals surface area contributed by atoms with Gasteiger partial charge < -0.3 is 5.32 Å². The van der Waals surface area contributed by atoms with Crippen LogP contribution < -0.4 is 10.0 Å². The molecule has 0 fully saturated rings. The Kier molecular flexibility index (Phi) is 9.78. The highest BCUT2D eigenvalue weighted by atomic mass is 32.2. The molecule has 0 aromatic heterocycles. The zero-order valence-electron chi connectivity index (χ0n) is 11.5. The third-order valence-electron chi connectivity index (χ3n) is 2.49. The molecule has 0 spiro atoms. The van der Waals surface area contributed by atoms with Crippen molar-refractivity contribution in [1.29, 1.82) is 0 Å². The topological polar surface area (TPSA) is 58.2 Å². The van der Waals surface area contributed by atoms with Crippen LogP contribution in [0.3, 0.4) is 0 Å². The molecule has 104 valence electrons. The summed E-state index contributed by atoms with van der Waals surface area (Å²) >= 11 is 0. The van der Waals surface area contributed by atoms with Crippen molar-refractivity contribution in [3.05, 3.63) is 0 Å². The van der Waals surface area contributed by atoms with Crippen LogP contribution in [0.1, 0.15) is 46.5 Å². The van der Waals surface area contributed by atoms with Gasteiger partial charge in [-0.3, -0.25) is 0 Å². The highest BCUT2D eigenvalue weighted by Gasteiger charge is 2.08. The standard InChI is InChI=1S/C12H28N2O2S/c1-4-8-13-9-5-6-11-17(15,16)14-10-7-12(2)3/h12-14H,4-11H2,1-3H3. The van der Waals surface area contributed by atoms with E-state index in [4.69, 9.17) is 0 Å². The van der Waals surface area contributed by atoms with Gasteiger partial charge in [-0.2, -0.15) is 0 Å². The van der Waals surface area contributed by atoms with Gasteiger partial charge in [0.15, 0.2) is 0 Å². The molecule has 0 aliphatic heterocycles. The minimum Gasteiger partial charge on any atom is -0.317 e. The van der Waals surface area contributed by atoms with Crippen LogP contribution in [0.5, 0.6) is 0 Å². The van der Waals surface area contributed by atoms with Crippen molar-refractivity contribution in [3.8, 4) is 0 Å². The maximum atomic E-state index is 11.6. The van der Waals surface area contributed by atoms with Gasteiger partial charge in [-0.15, -0.1) is 0 Å². The fraction of sp³-hybridized carbons (Fsp3) is 1.00. The SMILES string of the molecule is CCCNCCCCS(=O)(=O)NCCC(C)C. The molecule has 0 rings (SSSR count). The zero-order chi connectivity index (χ0) is 13.1. The van der Waals surface area contributed by atoms with E-state index in [1.165, 1.54) is 0 Å². The summed E-state index contributed by atoms with van der Waals surface area (Å²) in [4.78, 5) is 0. The van der Waals surface area contributed by atoms with E-state index in [-0.39, 0.29) is 5.75 Å². The van der Waals surface area contributed by atoms with Crippen molar-refractivity contribution in [2.24, 2.45) is 5.92 Å². The molecule has 0 saturated heterocycles. The first-order chi connectivity index (χ1) is 7.98. The molecule has 4 nitrogen and oxygen atoms in total. The maximum absolute atomic E-state index is 11.6. The summed E-state index contributed by atoms with van der Waals surface area (Å²) in [6.45, 7) is 8.79. The van der Waals surface area contributed by atoms with Gasteiger partial charge in [0.25, 0.3) is 0 Å². The van der Waals surface area contributed by atoms with Crippen molar-refractivity contribution < 1.29 is 8.42 Å². The molecule has 0 aliphatic rings. The molecule has 0 radical (unpaired) electrons. The minimum absolute atomic E-state index is 0.249. The van der Waals surface area contributed by atoms with Crippen molar-refractivity contribution in [2.45, 2.75) is 46.5 Å². The molecule has 0 aromatic rings. The molecule has 0 bridgehead atoms. The first kappa shape index (κ1) is 16.9. The molecular weight excluding hydrogens is 236 g/mol. The lowest BCUT2D eigenvalue weighted by atomic mass is 10.1. The lowest BCUT2D eigenvalue weighted by Gasteiger charge is -2.08. The molecule has 2 N–H and O–H groups in total. The summed E-state index contributed by atoms with van der Waals surface area (Å²) in [6, 6.07) is 0. The smallest absolute Gasteiger partial charge is 0.211 e. The fourth-order valence-corrected chi connectivity index (χ4v) is 2.58. The highest BCUT2D eigenvalue weighted by Crippen LogP contribution is 1.99. The first-order valence-corrected chi connectivity index (χ1v) is 8.31. The zero-order valence-corrected chi connectivity index (χ0v) is 12.3. The number of rotatable bonds is 11. The van der Waals surface area contributed by atoms with Gasteiger partial charge in [0.05, 0.1) is 5.75 Å². The molecule has 0 aliphatic carbocycles. The fourth-order valence-electron chi connectivity index (χ4n) is 1.42. The van der Waals surface area contributed by atoms with Crippen LogP contribution in [0, 0.1) is 5.92 Å². The first-order valence-electron chi connectivity index (χ1n) is 6.66. The normalized spacial score (nSPS) is 12.2. The van der Waals surface area contributed by atoms with E-state index in [0.717, 1.165) is 38.8 Å². The lowest BCUT2D eigenvalue weighted by Crippen LogP contribution is -2.28. The summed E-state index contributed by atoms with van der Waals surface area (Å²) < 4.78 is 25.8. The molecular formula is C12H28N2O2S. The van der Waals surface area contributed by atoms with Crippen LogP contribution in [0.15, 0.2) is 0 Å². The van der Waals surface area contributed by atoms with E-state index < -0.39 is 10.0 Å². The second-order valence-electron chi connectivity index (χ2n) is 4.85. The van der Waals surface area contributed by atoms with E-state index in [2.05, 4.69) is 30.8 Å². The predicted octanol–water partition coefficient (Wildman–Crippen LogP) is 1.73. The van der Waals surface area contributed by atoms with Crippen LogP contribution >= 0.6 is 0 Å². The summed E-state index contributed by atoms with van der Waals surface area (Å²) in [5.41, 5.74) is 0. The highest BCUT2D eigenvalue weighted by molar-refractivity contribution is 7.89. The monoisotopic (exact) mass is 264 g/mol. The number of unbranched alkanes of at least 4 members (excludes halogenated alkanes) is 1. The van der Waals surface area contributed by atoms with Gasteiger partial charge in [-0.1, -0.05) is 20.8 Å². The van der Waals surface area contributed by atoms with E-state index in [1.807, 2.05) is 0 Å². The molecule has 0 heterocycles. The molecule has 0 aromatic carbocycles. The van der Waals surface area contributed by atoms with Crippen LogP contribution in [0.25, 0.3) is 0 Å². The Hall–Kier alpha value is -0.130. The van der Waals surface area contributed by atoms with Gasteiger partial charge in [-0.25, -0.2) is 13.1 Å². The average Bonchev–Trinajstić information content (AvgIpc) is 2.22. The van der Waals surface area contributed by atoms with Crippen molar-refractivity contribution in [2.75, 3.05) is 25.4 Å². The second-order valence-corrected chi connectivity index (χ2v) is 6.78. The summed E-state index contributed by atoms with van der Waals surface area (Å²) in [5, 5.41) is 3.26. The number of nitrogens with one attached hydrogen (secondary N) is 2. The Morgan fingerprint density at radius 3 is 2.35 bits per heavy atom. The third kappa shape index (κ3) is 12.1. The van der Waals surface area contributed by atoms with Gasteiger partial charge in [0.1, 0.15) is 0 Å². The van der Waals surface area contributed by atoms with Gasteiger partial charge in [0.2, 0.25) is 10.0 Å². The van der Waals surface area contributed by atoms with E-state index >= 15 is 0 Å². The maximum Gasteiger partial charge on any atom is 0.211 e. The number of sulfonamides is 1. The predicted molar refractivity (Wildman–Crippen MR) is 73.6 cm³/mol. The number of hydrogen-bond acceptors (Lipinski definition) is 3.